The topological polar surface area (TPSA) is 35.5 Å². The minimum absolute atomic E-state index is 0. The standard InChI is InChI=1S/C23H31O3P.Li.H/c1-8-25-17(4)26-19-9-11-20(12-10-19)27-22(24)21-15(2)13-18(14-16(21)3)23(5,6)7;;/h9-14,17,27H,8H2,1-7H3;;/q;+1;-1. The molecule has 0 spiro atoms. The molecule has 0 amide bonds. The van der Waals surface area contributed by atoms with Gasteiger partial charge in [-0.05, 0) is 75.8 Å². The third-order valence-electron chi connectivity index (χ3n) is 4.44. The van der Waals surface area contributed by atoms with Gasteiger partial charge in [-0.25, -0.2) is 0 Å². The fraction of sp³-hybridized carbons (Fsp3) is 0.435. The number of hydrogen-bond donors (Lipinski definition) is 0. The van der Waals surface area contributed by atoms with E-state index in [4.69, 9.17) is 9.47 Å². The van der Waals surface area contributed by atoms with Crippen molar-refractivity contribution in [3.05, 3.63) is 58.7 Å². The Balaban J connectivity index is 0.00000392. The van der Waals surface area contributed by atoms with Crippen molar-refractivity contribution in [2.45, 2.75) is 60.2 Å². The van der Waals surface area contributed by atoms with Crippen molar-refractivity contribution in [2.75, 3.05) is 6.61 Å². The molecule has 0 saturated heterocycles. The third kappa shape index (κ3) is 6.75. The fourth-order valence-electron chi connectivity index (χ4n) is 3.03. The maximum atomic E-state index is 12.9. The van der Waals surface area contributed by atoms with Gasteiger partial charge in [0.1, 0.15) is 5.75 Å². The smallest absolute Gasteiger partial charge is 1.00 e. The summed E-state index contributed by atoms with van der Waals surface area (Å²) in [7, 11) is 0.0988. The molecule has 0 fully saturated rings. The van der Waals surface area contributed by atoms with E-state index in [2.05, 4.69) is 32.9 Å². The van der Waals surface area contributed by atoms with Crippen LogP contribution in [0.5, 0.6) is 5.75 Å². The van der Waals surface area contributed by atoms with E-state index >= 15 is 0 Å². The van der Waals surface area contributed by atoms with Crippen molar-refractivity contribution in [1.82, 2.24) is 0 Å². The van der Waals surface area contributed by atoms with E-state index in [0.717, 1.165) is 27.7 Å². The summed E-state index contributed by atoms with van der Waals surface area (Å²) in [4.78, 5) is 12.9. The Morgan fingerprint density at radius 1 is 1.11 bits per heavy atom. The van der Waals surface area contributed by atoms with E-state index in [9.17, 15) is 4.79 Å². The molecule has 0 aliphatic heterocycles. The Morgan fingerprint density at radius 2 is 1.64 bits per heavy atom. The molecule has 0 aliphatic rings. The number of benzene rings is 2. The average Bonchev–Trinajstić information content (AvgIpc) is 2.55. The summed E-state index contributed by atoms with van der Waals surface area (Å²) in [5.41, 5.74) is 4.50. The summed E-state index contributed by atoms with van der Waals surface area (Å²) in [5, 5.41) is 1.01. The summed E-state index contributed by atoms with van der Waals surface area (Å²) < 4.78 is 11.1. The Morgan fingerprint density at radius 3 is 2.11 bits per heavy atom. The van der Waals surface area contributed by atoms with Gasteiger partial charge in [0.2, 0.25) is 0 Å². The van der Waals surface area contributed by atoms with Crippen LogP contribution in [0.4, 0.5) is 0 Å². The zero-order valence-electron chi connectivity index (χ0n) is 19.5. The summed E-state index contributed by atoms with van der Waals surface area (Å²) in [6.07, 6.45) is -0.281. The van der Waals surface area contributed by atoms with Crippen molar-refractivity contribution in [3.8, 4) is 5.75 Å². The van der Waals surface area contributed by atoms with Crippen LogP contribution in [0.1, 0.15) is 63.1 Å². The Bertz CT molecular complexity index is 778. The van der Waals surface area contributed by atoms with Crippen molar-refractivity contribution in [2.24, 2.45) is 0 Å². The van der Waals surface area contributed by atoms with Gasteiger partial charge in [0, 0.05) is 12.2 Å². The molecule has 0 aromatic heterocycles. The minimum atomic E-state index is -0.281. The van der Waals surface area contributed by atoms with Crippen LogP contribution in [0.25, 0.3) is 0 Å². The predicted octanol–water partition coefficient (Wildman–Crippen LogP) is 2.62. The second-order valence-electron chi connectivity index (χ2n) is 7.85. The molecule has 5 heteroatoms. The largest absolute Gasteiger partial charge is 1.00 e. The first-order valence-corrected chi connectivity index (χ1v) is 10.4. The van der Waals surface area contributed by atoms with E-state index in [-0.39, 0.29) is 46.1 Å². The summed E-state index contributed by atoms with van der Waals surface area (Å²) in [6, 6.07) is 12.0. The Kier molecular flexibility index (Phi) is 9.45. The van der Waals surface area contributed by atoms with Gasteiger partial charge in [-0.15, -0.1) is 0 Å². The Hall–Kier alpha value is -1.10. The molecule has 2 aromatic rings. The van der Waals surface area contributed by atoms with Gasteiger partial charge in [0.25, 0.3) is 0 Å². The van der Waals surface area contributed by atoms with Crippen LogP contribution in [-0.4, -0.2) is 18.4 Å². The molecular formula is C23H32LiO3P. The van der Waals surface area contributed by atoms with Gasteiger partial charge < -0.3 is 10.9 Å². The van der Waals surface area contributed by atoms with Crippen LogP contribution in [0.15, 0.2) is 36.4 Å². The third-order valence-corrected chi connectivity index (χ3v) is 5.54. The molecular weight excluding hydrogens is 362 g/mol. The molecule has 0 radical (unpaired) electrons. The minimum Gasteiger partial charge on any atom is -1.00 e. The molecule has 148 valence electrons. The molecule has 2 unspecified atom stereocenters. The maximum absolute atomic E-state index is 12.9. The molecule has 0 N–H and O–H groups in total. The summed E-state index contributed by atoms with van der Waals surface area (Å²) in [6.45, 7) is 15.1. The van der Waals surface area contributed by atoms with Crippen molar-refractivity contribution >= 4 is 19.4 Å². The van der Waals surface area contributed by atoms with Crippen LogP contribution in [0.3, 0.4) is 0 Å². The number of aryl methyl sites for hydroxylation is 2. The first kappa shape index (κ1) is 24.9. The molecule has 2 atom stereocenters. The number of hydrogen-bond acceptors (Lipinski definition) is 3. The maximum Gasteiger partial charge on any atom is 1.00 e. The van der Waals surface area contributed by atoms with Crippen LogP contribution in [-0.2, 0) is 10.2 Å². The number of carbonyl (C=O) groups is 1. The molecule has 0 heterocycles. The van der Waals surface area contributed by atoms with E-state index < -0.39 is 0 Å². The van der Waals surface area contributed by atoms with E-state index in [1.54, 1.807) is 0 Å². The van der Waals surface area contributed by atoms with Crippen molar-refractivity contribution < 1.29 is 34.6 Å². The van der Waals surface area contributed by atoms with Crippen LogP contribution in [0, 0.1) is 13.8 Å². The molecule has 28 heavy (non-hydrogen) atoms. The zero-order chi connectivity index (χ0) is 20.2. The number of rotatable bonds is 7. The van der Waals surface area contributed by atoms with Gasteiger partial charge in [-0.1, -0.05) is 45.0 Å². The van der Waals surface area contributed by atoms with Gasteiger partial charge >= 0.3 is 18.9 Å². The van der Waals surface area contributed by atoms with E-state index in [1.165, 1.54) is 5.56 Å². The SMILES string of the molecule is CCOC(C)Oc1ccc(PC(=O)c2c(C)cc(C(C)(C)C)cc2C)cc1.[H-].[Li+]. The number of carbonyl (C=O) groups excluding carboxylic acids is 1. The van der Waals surface area contributed by atoms with E-state index in [0.29, 0.717) is 6.61 Å². The normalized spacial score (nSPS) is 12.7. The van der Waals surface area contributed by atoms with Gasteiger partial charge in [0.05, 0.1) is 0 Å². The van der Waals surface area contributed by atoms with Crippen molar-refractivity contribution in [3.63, 3.8) is 0 Å². The molecule has 2 aromatic carbocycles. The summed E-state index contributed by atoms with van der Waals surface area (Å²) >= 11 is 0. The summed E-state index contributed by atoms with van der Waals surface area (Å²) in [5.74, 6) is 0.749. The molecule has 2 rings (SSSR count). The Labute approximate surface area is 185 Å². The fourth-order valence-corrected chi connectivity index (χ4v) is 4.14. The molecule has 0 aliphatic carbocycles. The van der Waals surface area contributed by atoms with Gasteiger partial charge in [-0.3, -0.25) is 4.79 Å². The van der Waals surface area contributed by atoms with Crippen molar-refractivity contribution in [1.29, 1.82) is 0 Å². The first-order chi connectivity index (χ1) is 12.6. The first-order valence-electron chi connectivity index (χ1n) is 9.43. The zero-order valence-corrected chi connectivity index (χ0v) is 19.5. The molecule has 3 nitrogen and oxygen atoms in total. The van der Waals surface area contributed by atoms with Gasteiger partial charge in [0.15, 0.2) is 11.8 Å². The van der Waals surface area contributed by atoms with Crippen LogP contribution in [0.2, 0.25) is 0 Å². The van der Waals surface area contributed by atoms with Crippen LogP contribution < -0.4 is 28.9 Å². The van der Waals surface area contributed by atoms with Gasteiger partial charge in [-0.2, -0.15) is 0 Å². The monoisotopic (exact) mass is 394 g/mol. The molecule has 0 saturated carbocycles. The second-order valence-corrected chi connectivity index (χ2v) is 9.14. The second kappa shape index (κ2) is 10.6. The molecule has 0 bridgehead atoms. The van der Waals surface area contributed by atoms with E-state index in [1.807, 2.05) is 52.0 Å². The predicted molar refractivity (Wildman–Crippen MR) is 116 cm³/mol. The average molecular weight is 394 g/mol. The number of ether oxygens (including phenoxy) is 2. The van der Waals surface area contributed by atoms with Crippen LogP contribution >= 0.6 is 8.58 Å². The quantitative estimate of drug-likeness (QED) is 0.412.